The first-order chi connectivity index (χ1) is 17.8. The molecule has 1 N–H and O–H groups in total. The number of rotatable bonds is 5. The molecule has 7 nitrogen and oxygen atoms in total. The molecular formula is C25H20F6N4O3. The molecule has 200 valence electrons. The summed E-state index contributed by atoms with van der Waals surface area (Å²) in [5.74, 6) is -6.53. The van der Waals surface area contributed by atoms with Gasteiger partial charge >= 0.3 is 6.18 Å². The average molecular weight is 538 g/mol. The van der Waals surface area contributed by atoms with Gasteiger partial charge in [-0.15, -0.1) is 0 Å². The lowest BCUT2D eigenvalue weighted by Crippen LogP contribution is -2.48. The lowest BCUT2D eigenvalue weighted by atomic mass is 10.1. The number of anilines is 1. The number of amides is 2. The predicted molar refractivity (Wildman–Crippen MR) is 123 cm³/mol. The molecule has 2 amide bonds. The Morgan fingerprint density at radius 2 is 1.76 bits per heavy atom. The number of pyridine rings is 2. The summed E-state index contributed by atoms with van der Waals surface area (Å²) in [7, 11) is 0. The number of carbonyl (C=O) groups excluding carboxylic acids is 2. The first-order valence-electron chi connectivity index (χ1n) is 11.7. The van der Waals surface area contributed by atoms with E-state index in [9.17, 15) is 40.7 Å². The van der Waals surface area contributed by atoms with Crippen LogP contribution in [0.1, 0.15) is 36.5 Å². The van der Waals surface area contributed by atoms with Crippen LogP contribution < -0.4 is 15.6 Å². The fraction of sp³-hybridized carbons (Fsp3) is 0.360. The minimum absolute atomic E-state index is 0.00621. The van der Waals surface area contributed by atoms with E-state index in [1.807, 2.05) is 12.2 Å². The van der Waals surface area contributed by atoms with Gasteiger partial charge in [0.25, 0.3) is 5.91 Å². The zero-order valence-electron chi connectivity index (χ0n) is 19.8. The molecule has 1 aliphatic carbocycles. The molecule has 3 heterocycles. The Bertz CT molecular complexity index is 1510. The molecular weight excluding hydrogens is 518 g/mol. The largest absolute Gasteiger partial charge is 0.408 e. The topological polar surface area (TPSA) is 84.3 Å². The average Bonchev–Trinajstić information content (AvgIpc) is 3.59. The van der Waals surface area contributed by atoms with Crippen LogP contribution in [0.2, 0.25) is 0 Å². The normalized spacial score (nSPS) is 18.8. The third kappa shape index (κ3) is 4.61. The molecule has 0 radical (unpaired) electrons. The Morgan fingerprint density at radius 1 is 1.11 bits per heavy atom. The molecule has 2 aromatic heterocycles. The van der Waals surface area contributed by atoms with E-state index in [4.69, 9.17) is 0 Å². The summed E-state index contributed by atoms with van der Waals surface area (Å²) in [4.78, 5) is 44.1. The number of hydrogen-bond donors (Lipinski definition) is 1. The predicted octanol–water partition coefficient (Wildman–Crippen LogP) is 4.25. The van der Waals surface area contributed by atoms with Crippen molar-refractivity contribution >= 4 is 28.7 Å². The van der Waals surface area contributed by atoms with Crippen molar-refractivity contribution in [2.45, 2.75) is 38.4 Å². The van der Waals surface area contributed by atoms with Crippen LogP contribution in [0.4, 0.5) is 32.2 Å². The van der Waals surface area contributed by atoms with Crippen molar-refractivity contribution in [3.63, 3.8) is 0 Å². The number of nitrogens with one attached hydrogen (secondary N) is 1. The summed E-state index contributed by atoms with van der Waals surface area (Å²) in [6, 6.07) is 0.993. The molecule has 13 heteroatoms. The van der Waals surface area contributed by atoms with Crippen LogP contribution in [0, 0.1) is 29.3 Å². The van der Waals surface area contributed by atoms with Gasteiger partial charge in [0.05, 0.1) is 5.39 Å². The molecule has 1 saturated heterocycles. The van der Waals surface area contributed by atoms with Crippen LogP contribution in [-0.4, -0.2) is 40.1 Å². The van der Waals surface area contributed by atoms with Crippen LogP contribution >= 0.6 is 0 Å². The summed E-state index contributed by atoms with van der Waals surface area (Å²) in [5, 5.41) is 1.48. The van der Waals surface area contributed by atoms with Gasteiger partial charge in [0.2, 0.25) is 11.3 Å². The van der Waals surface area contributed by atoms with Gasteiger partial charge < -0.3 is 5.32 Å². The molecule has 0 spiro atoms. The van der Waals surface area contributed by atoms with Crippen molar-refractivity contribution in [1.29, 1.82) is 0 Å². The zero-order valence-corrected chi connectivity index (χ0v) is 19.8. The molecule has 1 aliphatic heterocycles. The number of carbonyl (C=O) groups is 2. The van der Waals surface area contributed by atoms with Crippen molar-refractivity contribution < 1.29 is 35.9 Å². The SMILES string of the molecule is CC1CC(=O)N(c2ccc3c(=O)c(C(=O)NC(C4CC4)C(F)(F)F)cn(-c4c(F)cc(F)cc4F)c3n2)C1. The van der Waals surface area contributed by atoms with Gasteiger partial charge in [-0.1, -0.05) is 6.92 Å². The monoisotopic (exact) mass is 538 g/mol. The Balaban J connectivity index is 1.70. The Morgan fingerprint density at radius 3 is 2.32 bits per heavy atom. The Labute approximate surface area is 211 Å². The van der Waals surface area contributed by atoms with Gasteiger partial charge in [0.1, 0.15) is 28.9 Å². The maximum Gasteiger partial charge on any atom is 0.408 e. The van der Waals surface area contributed by atoms with Gasteiger partial charge in [0.15, 0.2) is 17.3 Å². The van der Waals surface area contributed by atoms with E-state index in [2.05, 4.69) is 4.98 Å². The molecule has 5 rings (SSSR count). The van der Waals surface area contributed by atoms with E-state index in [0.717, 1.165) is 0 Å². The number of halogens is 6. The Hall–Kier alpha value is -3.90. The second-order valence-corrected chi connectivity index (χ2v) is 9.64. The van der Waals surface area contributed by atoms with E-state index < -0.39 is 58.2 Å². The molecule has 2 atom stereocenters. The summed E-state index contributed by atoms with van der Waals surface area (Å²) in [5.41, 5.74) is -3.15. The quantitative estimate of drug-likeness (QED) is 0.493. The molecule has 1 aromatic carbocycles. The number of benzene rings is 1. The molecule has 0 bridgehead atoms. The van der Waals surface area contributed by atoms with E-state index in [-0.39, 0.29) is 47.9 Å². The first kappa shape index (κ1) is 25.7. The van der Waals surface area contributed by atoms with E-state index >= 15 is 0 Å². The second-order valence-electron chi connectivity index (χ2n) is 9.64. The first-order valence-corrected chi connectivity index (χ1v) is 11.7. The molecule has 2 aliphatic rings. The van der Waals surface area contributed by atoms with E-state index in [1.165, 1.54) is 17.0 Å². The Kier molecular flexibility index (Phi) is 6.19. The maximum absolute atomic E-state index is 14.8. The van der Waals surface area contributed by atoms with Crippen LogP contribution in [0.5, 0.6) is 0 Å². The van der Waals surface area contributed by atoms with Gasteiger partial charge in [-0.2, -0.15) is 13.2 Å². The fourth-order valence-corrected chi connectivity index (χ4v) is 4.66. The molecule has 3 aromatic rings. The highest BCUT2D eigenvalue weighted by Crippen LogP contribution is 2.40. The minimum Gasteiger partial charge on any atom is -0.340 e. The maximum atomic E-state index is 14.8. The van der Waals surface area contributed by atoms with E-state index in [0.29, 0.717) is 29.4 Å². The highest BCUT2D eigenvalue weighted by molar-refractivity contribution is 5.99. The highest BCUT2D eigenvalue weighted by Gasteiger charge is 2.50. The third-order valence-electron chi connectivity index (χ3n) is 6.63. The number of alkyl halides is 3. The number of nitrogens with zero attached hydrogens (tertiary/aromatic N) is 3. The number of aromatic nitrogens is 2. The fourth-order valence-electron chi connectivity index (χ4n) is 4.66. The smallest absolute Gasteiger partial charge is 0.340 e. The number of fused-ring (bicyclic) bond motifs is 1. The second kappa shape index (κ2) is 9.14. The van der Waals surface area contributed by atoms with Crippen LogP contribution in [0.25, 0.3) is 16.7 Å². The number of hydrogen-bond acceptors (Lipinski definition) is 4. The van der Waals surface area contributed by atoms with Gasteiger partial charge in [0, 0.05) is 31.3 Å². The van der Waals surface area contributed by atoms with Crippen molar-refractivity contribution in [2.75, 3.05) is 11.4 Å². The van der Waals surface area contributed by atoms with Crippen LogP contribution in [0.15, 0.2) is 35.3 Å². The van der Waals surface area contributed by atoms with Crippen molar-refractivity contribution in [2.24, 2.45) is 11.8 Å². The summed E-state index contributed by atoms with van der Waals surface area (Å²) in [6.07, 6.45) is -3.41. The van der Waals surface area contributed by atoms with Crippen LogP contribution in [0.3, 0.4) is 0 Å². The molecule has 2 fully saturated rings. The lowest BCUT2D eigenvalue weighted by molar-refractivity contribution is -0.158. The van der Waals surface area contributed by atoms with Crippen molar-refractivity contribution in [3.05, 3.63) is 63.7 Å². The molecule has 38 heavy (non-hydrogen) atoms. The third-order valence-corrected chi connectivity index (χ3v) is 6.63. The summed E-state index contributed by atoms with van der Waals surface area (Å²) in [6.45, 7) is 2.13. The van der Waals surface area contributed by atoms with Gasteiger partial charge in [-0.05, 0) is 36.8 Å². The van der Waals surface area contributed by atoms with Crippen molar-refractivity contribution in [1.82, 2.24) is 14.9 Å². The van der Waals surface area contributed by atoms with Crippen LogP contribution in [-0.2, 0) is 4.79 Å². The standard InChI is InChI=1S/C25H20F6N4O3/c1-11-6-19(36)34(9-11)18-5-4-14-21(37)15(24(38)33-22(12-2-3-12)25(29,30)31)10-35(23(14)32-18)20-16(27)7-13(26)8-17(20)28/h4-5,7-8,10-12,22H,2-3,6,9H2,1H3,(H,33,38). The zero-order chi connectivity index (χ0) is 27.5. The minimum atomic E-state index is -4.78. The van der Waals surface area contributed by atoms with Gasteiger partial charge in [-0.25, -0.2) is 18.2 Å². The highest BCUT2D eigenvalue weighted by atomic mass is 19.4. The lowest BCUT2D eigenvalue weighted by Gasteiger charge is -2.22. The van der Waals surface area contributed by atoms with Gasteiger partial charge in [-0.3, -0.25) is 23.9 Å². The molecule has 1 saturated carbocycles. The summed E-state index contributed by atoms with van der Waals surface area (Å²) < 4.78 is 84.5. The van der Waals surface area contributed by atoms with Crippen molar-refractivity contribution in [3.8, 4) is 5.69 Å². The van der Waals surface area contributed by atoms with E-state index in [1.54, 1.807) is 0 Å². The molecule has 2 unspecified atom stereocenters. The summed E-state index contributed by atoms with van der Waals surface area (Å²) >= 11 is 0.